The molecular formula is C14H24N2. The lowest BCUT2D eigenvalue weighted by molar-refractivity contribution is 0.0685. The Hall–Kier alpha value is -0.550. The first kappa shape index (κ1) is 11.9. The molecule has 90 valence electrons. The Balaban J connectivity index is 2.03. The number of nitriles is 1. The normalized spacial score (nSPS) is 31.4. The molecule has 2 nitrogen and oxygen atoms in total. The topological polar surface area (TPSA) is 27.0 Å². The van der Waals surface area contributed by atoms with Gasteiger partial charge in [-0.15, -0.1) is 0 Å². The van der Waals surface area contributed by atoms with E-state index in [2.05, 4.69) is 24.8 Å². The first-order chi connectivity index (χ1) is 7.66. The van der Waals surface area contributed by atoms with Crippen molar-refractivity contribution in [3.63, 3.8) is 0 Å². The Kier molecular flexibility index (Phi) is 3.54. The molecule has 1 aliphatic carbocycles. The minimum absolute atomic E-state index is 0.248. The van der Waals surface area contributed by atoms with E-state index in [0.717, 1.165) is 12.5 Å². The van der Waals surface area contributed by atoms with Crippen molar-refractivity contribution in [1.29, 1.82) is 5.26 Å². The van der Waals surface area contributed by atoms with Crippen LogP contribution in [0.25, 0.3) is 0 Å². The number of nitrogens with zero attached hydrogens (tertiary/aromatic N) is 2. The zero-order valence-corrected chi connectivity index (χ0v) is 10.7. The van der Waals surface area contributed by atoms with Crippen molar-refractivity contribution in [3.8, 4) is 6.07 Å². The van der Waals surface area contributed by atoms with Crippen molar-refractivity contribution in [2.24, 2.45) is 5.92 Å². The SMILES string of the molecule is CC1(C)C(CC#N)CCN1C1CCCCC1. The molecule has 0 amide bonds. The van der Waals surface area contributed by atoms with Crippen molar-refractivity contribution in [3.05, 3.63) is 0 Å². The average molecular weight is 220 g/mol. The zero-order chi connectivity index (χ0) is 11.6. The first-order valence-electron chi connectivity index (χ1n) is 6.80. The molecule has 2 aliphatic rings. The molecular weight excluding hydrogens is 196 g/mol. The summed E-state index contributed by atoms with van der Waals surface area (Å²) >= 11 is 0. The second kappa shape index (κ2) is 4.75. The van der Waals surface area contributed by atoms with Crippen molar-refractivity contribution in [2.45, 2.75) is 70.4 Å². The summed E-state index contributed by atoms with van der Waals surface area (Å²) in [6.07, 6.45) is 8.94. The molecule has 1 saturated carbocycles. The maximum absolute atomic E-state index is 8.89. The smallest absolute Gasteiger partial charge is 0.0625 e. The highest BCUT2D eigenvalue weighted by molar-refractivity contribution is 5.01. The third-order valence-corrected chi connectivity index (χ3v) is 4.81. The van der Waals surface area contributed by atoms with Crippen LogP contribution < -0.4 is 0 Å². The quantitative estimate of drug-likeness (QED) is 0.713. The minimum atomic E-state index is 0.248. The van der Waals surface area contributed by atoms with Gasteiger partial charge in [-0.3, -0.25) is 4.90 Å². The van der Waals surface area contributed by atoms with Gasteiger partial charge >= 0.3 is 0 Å². The standard InChI is InChI=1S/C14H24N2/c1-14(2)12(8-10-15)9-11-16(14)13-6-4-3-5-7-13/h12-13H,3-9,11H2,1-2H3. The van der Waals surface area contributed by atoms with Crippen molar-refractivity contribution in [1.82, 2.24) is 4.90 Å². The highest BCUT2D eigenvalue weighted by Gasteiger charge is 2.43. The van der Waals surface area contributed by atoms with Crippen LogP contribution in [0.2, 0.25) is 0 Å². The lowest BCUT2D eigenvalue weighted by Gasteiger charge is -2.42. The van der Waals surface area contributed by atoms with Gasteiger partial charge in [0.25, 0.3) is 0 Å². The van der Waals surface area contributed by atoms with E-state index in [1.165, 1.54) is 45.1 Å². The number of likely N-dealkylation sites (tertiary alicyclic amines) is 1. The molecule has 16 heavy (non-hydrogen) atoms. The predicted molar refractivity (Wildman–Crippen MR) is 66.0 cm³/mol. The zero-order valence-electron chi connectivity index (χ0n) is 10.7. The molecule has 1 saturated heterocycles. The summed E-state index contributed by atoms with van der Waals surface area (Å²) in [6.45, 7) is 5.90. The highest BCUT2D eigenvalue weighted by atomic mass is 15.2. The van der Waals surface area contributed by atoms with Crippen LogP contribution in [0.15, 0.2) is 0 Å². The predicted octanol–water partition coefficient (Wildman–Crippen LogP) is 3.33. The van der Waals surface area contributed by atoms with Gasteiger partial charge in [-0.05, 0) is 45.6 Å². The summed E-state index contributed by atoms with van der Waals surface area (Å²) in [6, 6.07) is 3.16. The lowest BCUT2D eigenvalue weighted by atomic mass is 9.84. The van der Waals surface area contributed by atoms with Crippen LogP contribution in [0.4, 0.5) is 0 Å². The molecule has 1 unspecified atom stereocenters. The molecule has 0 radical (unpaired) electrons. The fraction of sp³-hybridized carbons (Fsp3) is 0.929. The van der Waals surface area contributed by atoms with Crippen molar-refractivity contribution >= 4 is 0 Å². The van der Waals surface area contributed by atoms with E-state index in [1.54, 1.807) is 0 Å². The fourth-order valence-electron chi connectivity index (χ4n) is 3.68. The van der Waals surface area contributed by atoms with Crippen LogP contribution in [-0.2, 0) is 0 Å². The molecule has 0 N–H and O–H groups in total. The monoisotopic (exact) mass is 220 g/mol. The van der Waals surface area contributed by atoms with E-state index < -0.39 is 0 Å². The van der Waals surface area contributed by atoms with Gasteiger partial charge in [-0.25, -0.2) is 0 Å². The fourth-order valence-corrected chi connectivity index (χ4v) is 3.68. The van der Waals surface area contributed by atoms with Gasteiger partial charge in [0, 0.05) is 18.0 Å². The van der Waals surface area contributed by atoms with E-state index in [4.69, 9.17) is 5.26 Å². The summed E-state index contributed by atoms with van der Waals surface area (Å²) in [7, 11) is 0. The van der Waals surface area contributed by atoms with Crippen LogP contribution in [-0.4, -0.2) is 23.0 Å². The van der Waals surface area contributed by atoms with Gasteiger partial charge in [-0.2, -0.15) is 5.26 Å². The lowest BCUT2D eigenvalue weighted by Crippen LogP contribution is -2.48. The Bertz CT molecular complexity index is 271. The molecule has 1 heterocycles. The molecule has 0 spiro atoms. The maximum Gasteiger partial charge on any atom is 0.0625 e. The van der Waals surface area contributed by atoms with Gasteiger partial charge < -0.3 is 0 Å². The van der Waals surface area contributed by atoms with Gasteiger partial charge in [-0.1, -0.05) is 19.3 Å². The molecule has 0 bridgehead atoms. The largest absolute Gasteiger partial charge is 0.295 e. The Morgan fingerprint density at radius 2 is 1.88 bits per heavy atom. The molecule has 0 aromatic rings. The van der Waals surface area contributed by atoms with E-state index in [9.17, 15) is 0 Å². The molecule has 1 aliphatic heterocycles. The summed E-state index contributed by atoms with van der Waals surface area (Å²) in [5.41, 5.74) is 0.248. The van der Waals surface area contributed by atoms with Crippen LogP contribution in [0.1, 0.15) is 58.8 Å². The van der Waals surface area contributed by atoms with Crippen LogP contribution in [0.5, 0.6) is 0 Å². The summed E-state index contributed by atoms with van der Waals surface area (Å²) < 4.78 is 0. The molecule has 2 heteroatoms. The van der Waals surface area contributed by atoms with E-state index in [1.807, 2.05) is 0 Å². The average Bonchev–Trinajstić information content (AvgIpc) is 2.57. The third kappa shape index (κ3) is 2.11. The maximum atomic E-state index is 8.89. The second-order valence-corrected chi connectivity index (χ2v) is 5.99. The molecule has 0 aromatic carbocycles. The second-order valence-electron chi connectivity index (χ2n) is 5.99. The molecule has 0 aromatic heterocycles. The van der Waals surface area contributed by atoms with E-state index in [-0.39, 0.29) is 5.54 Å². The number of rotatable bonds is 2. The number of hydrogen-bond acceptors (Lipinski definition) is 2. The van der Waals surface area contributed by atoms with Gasteiger partial charge in [0.2, 0.25) is 0 Å². The summed E-state index contributed by atoms with van der Waals surface area (Å²) in [5.74, 6) is 0.583. The minimum Gasteiger partial charge on any atom is -0.295 e. The van der Waals surface area contributed by atoms with Crippen molar-refractivity contribution < 1.29 is 0 Å². The third-order valence-electron chi connectivity index (χ3n) is 4.81. The van der Waals surface area contributed by atoms with E-state index >= 15 is 0 Å². The number of hydrogen-bond donors (Lipinski definition) is 0. The molecule has 2 fully saturated rings. The Morgan fingerprint density at radius 1 is 1.19 bits per heavy atom. The van der Waals surface area contributed by atoms with Crippen LogP contribution in [0.3, 0.4) is 0 Å². The Labute approximate surface area is 99.6 Å². The first-order valence-corrected chi connectivity index (χ1v) is 6.80. The highest BCUT2D eigenvalue weighted by Crippen LogP contribution is 2.40. The van der Waals surface area contributed by atoms with Crippen LogP contribution in [0, 0.1) is 17.2 Å². The van der Waals surface area contributed by atoms with Crippen LogP contribution >= 0.6 is 0 Å². The van der Waals surface area contributed by atoms with Gasteiger partial charge in [0.15, 0.2) is 0 Å². The Morgan fingerprint density at radius 3 is 2.50 bits per heavy atom. The van der Waals surface area contributed by atoms with E-state index in [0.29, 0.717) is 5.92 Å². The molecule has 1 atom stereocenters. The van der Waals surface area contributed by atoms with Gasteiger partial charge in [0.1, 0.15) is 0 Å². The molecule has 2 rings (SSSR count). The van der Waals surface area contributed by atoms with Gasteiger partial charge in [0.05, 0.1) is 6.07 Å². The summed E-state index contributed by atoms with van der Waals surface area (Å²) in [4.78, 5) is 2.70. The summed E-state index contributed by atoms with van der Waals surface area (Å²) in [5, 5.41) is 8.89. The van der Waals surface area contributed by atoms with Crippen molar-refractivity contribution in [2.75, 3.05) is 6.54 Å².